The summed E-state index contributed by atoms with van der Waals surface area (Å²) in [6, 6.07) is 17.1. The SMILES string of the molecule is O=S(=O)(Nc1cc(-c2cnc3[nH]c(C(O)CO)c(-c4ccccc4)c3c2)cnc1Cl)c1ccc(F)cc1. The van der Waals surface area contributed by atoms with Crippen LogP contribution >= 0.6 is 11.6 Å². The first-order valence-electron chi connectivity index (χ1n) is 11.1. The Bertz CT molecular complexity index is 1690. The van der Waals surface area contributed by atoms with Crippen LogP contribution in [-0.4, -0.2) is 40.2 Å². The zero-order valence-corrected chi connectivity index (χ0v) is 20.6. The molecule has 0 amide bonds. The van der Waals surface area contributed by atoms with Crippen molar-refractivity contribution in [3.8, 4) is 22.3 Å². The molecule has 188 valence electrons. The monoisotopic (exact) mass is 538 g/mol. The van der Waals surface area contributed by atoms with Crippen molar-refractivity contribution in [2.24, 2.45) is 0 Å². The highest BCUT2D eigenvalue weighted by Crippen LogP contribution is 2.37. The molecule has 0 bridgehead atoms. The Kier molecular flexibility index (Phi) is 6.65. The van der Waals surface area contributed by atoms with Crippen molar-refractivity contribution in [2.75, 3.05) is 11.3 Å². The van der Waals surface area contributed by atoms with Gasteiger partial charge in [-0.25, -0.2) is 22.8 Å². The second-order valence-electron chi connectivity index (χ2n) is 8.22. The van der Waals surface area contributed by atoms with E-state index in [4.69, 9.17) is 11.6 Å². The third-order valence-electron chi connectivity index (χ3n) is 5.79. The lowest BCUT2D eigenvalue weighted by Gasteiger charge is -2.11. The second kappa shape index (κ2) is 9.91. The van der Waals surface area contributed by atoms with Gasteiger partial charge in [-0.2, -0.15) is 0 Å². The van der Waals surface area contributed by atoms with Crippen LogP contribution in [0, 0.1) is 5.82 Å². The highest BCUT2D eigenvalue weighted by atomic mass is 35.5. The summed E-state index contributed by atoms with van der Waals surface area (Å²) < 4.78 is 41.2. The number of aromatic nitrogens is 3. The fourth-order valence-corrected chi connectivity index (χ4v) is 5.26. The van der Waals surface area contributed by atoms with Crippen LogP contribution in [0.4, 0.5) is 10.1 Å². The van der Waals surface area contributed by atoms with E-state index in [1.807, 2.05) is 36.4 Å². The van der Waals surface area contributed by atoms with Crippen LogP contribution in [0.3, 0.4) is 0 Å². The number of benzene rings is 2. The molecule has 3 aromatic heterocycles. The molecule has 0 spiro atoms. The van der Waals surface area contributed by atoms with Gasteiger partial charge < -0.3 is 15.2 Å². The Morgan fingerprint density at radius 1 is 0.973 bits per heavy atom. The van der Waals surface area contributed by atoms with Gasteiger partial charge in [0.2, 0.25) is 0 Å². The number of hydrogen-bond donors (Lipinski definition) is 4. The predicted molar refractivity (Wildman–Crippen MR) is 139 cm³/mol. The van der Waals surface area contributed by atoms with Crippen molar-refractivity contribution < 1.29 is 23.0 Å². The van der Waals surface area contributed by atoms with E-state index in [0.29, 0.717) is 33.4 Å². The van der Waals surface area contributed by atoms with Crippen LogP contribution in [-0.2, 0) is 10.0 Å². The minimum absolute atomic E-state index is 0.0392. The number of aliphatic hydroxyl groups excluding tert-OH is 2. The number of anilines is 1. The lowest BCUT2D eigenvalue weighted by atomic mass is 9.99. The average molecular weight is 539 g/mol. The number of nitrogens with zero attached hydrogens (tertiary/aromatic N) is 2. The summed E-state index contributed by atoms with van der Waals surface area (Å²) >= 11 is 6.19. The van der Waals surface area contributed by atoms with E-state index < -0.39 is 28.6 Å². The van der Waals surface area contributed by atoms with Crippen molar-refractivity contribution >= 4 is 38.3 Å². The quantitative estimate of drug-likeness (QED) is 0.218. The number of rotatable bonds is 7. The van der Waals surface area contributed by atoms with E-state index in [9.17, 15) is 23.0 Å². The Balaban J connectivity index is 1.58. The summed E-state index contributed by atoms with van der Waals surface area (Å²) in [5.74, 6) is -0.558. The van der Waals surface area contributed by atoms with Gasteiger partial charge in [0, 0.05) is 34.5 Å². The van der Waals surface area contributed by atoms with Gasteiger partial charge in [0.05, 0.1) is 22.9 Å². The van der Waals surface area contributed by atoms with Gasteiger partial charge in [0.1, 0.15) is 17.6 Å². The first-order chi connectivity index (χ1) is 17.8. The molecular formula is C26H20ClFN4O4S. The first-order valence-corrected chi connectivity index (χ1v) is 12.9. The Labute approximate surface area is 216 Å². The molecule has 0 radical (unpaired) electrons. The van der Waals surface area contributed by atoms with Crippen LogP contribution in [0.15, 0.2) is 84.0 Å². The number of aliphatic hydroxyl groups is 2. The molecule has 2 aromatic carbocycles. The number of hydrogen-bond acceptors (Lipinski definition) is 6. The van der Waals surface area contributed by atoms with E-state index in [1.54, 1.807) is 6.20 Å². The minimum atomic E-state index is -4.05. The largest absolute Gasteiger partial charge is 0.393 e. The highest BCUT2D eigenvalue weighted by Gasteiger charge is 2.21. The van der Waals surface area contributed by atoms with Gasteiger partial charge in [0.15, 0.2) is 5.15 Å². The van der Waals surface area contributed by atoms with Crippen molar-refractivity contribution in [1.82, 2.24) is 15.0 Å². The smallest absolute Gasteiger partial charge is 0.261 e. The second-order valence-corrected chi connectivity index (χ2v) is 10.3. The molecule has 4 N–H and O–H groups in total. The maximum atomic E-state index is 13.2. The third-order valence-corrected chi connectivity index (χ3v) is 7.47. The average Bonchev–Trinajstić information content (AvgIpc) is 3.29. The van der Waals surface area contributed by atoms with Crippen LogP contribution in [0.5, 0.6) is 0 Å². The summed E-state index contributed by atoms with van der Waals surface area (Å²) in [4.78, 5) is 11.6. The zero-order valence-electron chi connectivity index (χ0n) is 19.1. The lowest BCUT2D eigenvalue weighted by molar-refractivity contribution is 0.0932. The predicted octanol–water partition coefficient (Wildman–Crippen LogP) is 4.91. The maximum Gasteiger partial charge on any atom is 0.261 e. The topological polar surface area (TPSA) is 128 Å². The molecule has 0 aliphatic heterocycles. The van der Waals surface area contributed by atoms with Gasteiger partial charge in [-0.3, -0.25) is 4.72 Å². The van der Waals surface area contributed by atoms with Gasteiger partial charge >= 0.3 is 0 Å². The summed E-state index contributed by atoms with van der Waals surface area (Å²) in [7, 11) is -4.05. The van der Waals surface area contributed by atoms with Crippen molar-refractivity contribution in [3.05, 3.63) is 95.8 Å². The van der Waals surface area contributed by atoms with Gasteiger partial charge in [0.25, 0.3) is 10.0 Å². The molecule has 0 saturated heterocycles. The van der Waals surface area contributed by atoms with Crippen molar-refractivity contribution in [2.45, 2.75) is 11.0 Å². The maximum absolute atomic E-state index is 13.2. The van der Waals surface area contributed by atoms with E-state index in [1.165, 1.54) is 12.3 Å². The molecule has 37 heavy (non-hydrogen) atoms. The molecule has 5 aromatic rings. The van der Waals surface area contributed by atoms with Crippen molar-refractivity contribution in [1.29, 1.82) is 0 Å². The van der Waals surface area contributed by atoms with Crippen LogP contribution < -0.4 is 4.72 Å². The number of fused-ring (bicyclic) bond motifs is 1. The first kappa shape index (κ1) is 24.8. The molecule has 11 heteroatoms. The number of nitrogens with one attached hydrogen (secondary N) is 2. The summed E-state index contributed by atoms with van der Waals surface area (Å²) in [5, 5.41) is 20.6. The molecule has 0 saturated carbocycles. The number of H-pyrrole nitrogens is 1. The standard InChI is InChI=1S/C26H20ClFN4O4S/c27-25-21(32-37(35,36)19-8-6-18(28)7-9-19)11-17(12-29-25)16-10-20-23(15-4-2-1-3-5-15)24(22(34)14-33)31-26(20)30-13-16/h1-13,22,32-34H,14H2,(H,30,31). The molecule has 8 nitrogen and oxygen atoms in total. The summed E-state index contributed by atoms with van der Waals surface area (Å²) in [5.41, 5.74) is 3.61. The van der Waals surface area contributed by atoms with Crippen LogP contribution in [0.25, 0.3) is 33.3 Å². The molecule has 0 fully saturated rings. The lowest BCUT2D eigenvalue weighted by Crippen LogP contribution is -2.13. The molecular weight excluding hydrogens is 519 g/mol. The molecule has 0 aliphatic rings. The number of halogens is 2. The Morgan fingerprint density at radius 2 is 1.65 bits per heavy atom. The molecule has 0 aliphatic carbocycles. The normalized spacial score (nSPS) is 12.5. The van der Waals surface area contributed by atoms with Crippen molar-refractivity contribution in [3.63, 3.8) is 0 Å². The van der Waals surface area contributed by atoms with Gasteiger partial charge in [-0.05, 0) is 42.0 Å². The van der Waals surface area contributed by atoms with Crippen LogP contribution in [0.2, 0.25) is 5.15 Å². The van der Waals surface area contributed by atoms with Crippen LogP contribution in [0.1, 0.15) is 11.8 Å². The fraction of sp³-hybridized carbons (Fsp3) is 0.0769. The number of sulfonamides is 1. The Morgan fingerprint density at radius 3 is 2.35 bits per heavy atom. The van der Waals surface area contributed by atoms with E-state index >= 15 is 0 Å². The Hall–Kier alpha value is -3.83. The van der Waals surface area contributed by atoms with E-state index in [2.05, 4.69) is 19.7 Å². The van der Waals surface area contributed by atoms with E-state index in [-0.39, 0.29) is 15.7 Å². The zero-order chi connectivity index (χ0) is 26.2. The molecule has 1 atom stereocenters. The van der Waals surface area contributed by atoms with Gasteiger partial charge in [-0.1, -0.05) is 41.9 Å². The number of pyridine rings is 2. The molecule has 5 rings (SSSR count). The molecule has 3 heterocycles. The molecule has 1 unspecified atom stereocenters. The summed E-state index contributed by atoms with van der Waals surface area (Å²) in [6.07, 6.45) is 1.92. The number of aromatic amines is 1. The third kappa shape index (κ3) is 4.92. The minimum Gasteiger partial charge on any atom is -0.393 e. The van der Waals surface area contributed by atoms with Gasteiger partial charge in [-0.15, -0.1) is 0 Å². The fourth-order valence-electron chi connectivity index (χ4n) is 4.00. The highest BCUT2D eigenvalue weighted by molar-refractivity contribution is 7.92. The van der Waals surface area contributed by atoms with E-state index in [0.717, 1.165) is 29.8 Å². The summed E-state index contributed by atoms with van der Waals surface area (Å²) in [6.45, 7) is -0.474.